The highest BCUT2D eigenvalue weighted by Crippen LogP contribution is 2.09. The molecule has 0 saturated heterocycles. The second-order valence-corrected chi connectivity index (χ2v) is 9.87. The van der Waals surface area contributed by atoms with Crippen molar-refractivity contribution in [1.82, 2.24) is 26.2 Å². The maximum absolute atomic E-state index is 13.1. The van der Waals surface area contributed by atoms with Crippen LogP contribution in [-0.2, 0) is 24.0 Å². The van der Waals surface area contributed by atoms with Crippen molar-refractivity contribution < 1.29 is 28.8 Å². The number of urea groups is 1. The minimum absolute atomic E-state index is 0.0209. The Bertz CT molecular complexity index is 1060. The van der Waals surface area contributed by atoms with Crippen LogP contribution in [0.25, 0.3) is 0 Å². The number of hydrogen-bond donors (Lipinski definition) is 5. The normalized spacial score (nSPS) is 14.1. The molecule has 0 saturated carbocycles. The van der Waals surface area contributed by atoms with E-state index in [4.69, 9.17) is 5.73 Å². The zero-order chi connectivity index (χ0) is 29.5. The van der Waals surface area contributed by atoms with Crippen molar-refractivity contribution in [3.8, 4) is 0 Å². The van der Waals surface area contributed by atoms with E-state index in [0.717, 1.165) is 10.5 Å². The first-order valence-corrected chi connectivity index (χ1v) is 13.4. The van der Waals surface area contributed by atoms with Crippen molar-refractivity contribution in [2.24, 2.45) is 11.7 Å². The molecule has 12 heteroatoms. The third-order valence-corrected chi connectivity index (χ3v) is 6.24. The molecule has 1 aromatic rings. The van der Waals surface area contributed by atoms with Crippen LogP contribution in [0.1, 0.15) is 57.9 Å². The van der Waals surface area contributed by atoms with Crippen LogP contribution in [0.5, 0.6) is 0 Å². The Morgan fingerprint density at radius 1 is 0.900 bits per heavy atom. The van der Waals surface area contributed by atoms with Crippen molar-refractivity contribution in [2.45, 2.75) is 64.5 Å². The molecule has 217 valence electrons. The molecule has 7 amide bonds. The van der Waals surface area contributed by atoms with Gasteiger partial charge >= 0.3 is 6.03 Å². The van der Waals surface area contributed by atoms with E-state index in [1.54, 1.807) is 20.4 Å². The Balaban J connectivity index is 1.80. The largest absolute Gasteiger partial charge is 0.352 e. The van der Waals surface area contributed by atoms with Crippen molar-refractivity contribution in [3.05, 3.63) is 54.6 Å². The second kappa shape index (κ2) is 16.7. The fraction of sp³-hybridized carbons (Fsp3) is 0.464. The first-order valence-electron chi connectivity index (χ1n) is 13.4. The van der Waals surface area contributed by atoms with Gasteiger partial charge in [-0.05, 0) is 30.7 Å². The smallest absolute Gasteiger partial charge is 0.312 e. The fourth-order valence-corrected chi connectivity index (χ4v) is 3.99. The summed E-state index contributed by atoms with van der Waals surface area (Å²) in [6.07, 6.45) is 4.71. The lowest BCUT2D eigenvalue weighted by atomic mass is 10.0. The number of rotatable bonds is 17. The summed E-state index contributed by atoms with van der Waals surface area (Å²) >= 11 is 0. The van der Waals surface area contributed by atoms with Crippen LogP contribution < -0.4 is 27.0 Å². The summed E-state index contributed by atoms with van der Waals surface area (Å²) in [6.45, 7) is 5.50. The summed E-state index contributed by atoms with van der Waals surface area (Å²) in [6, 6.07) is 7.08. The Morgan fingerprint density at radius 2 is 1.57 bits per heavy atom. The zero-order valence-electron chi connectivity index (χ0n) is 23.0. The van der Waals surface area contributed by atoms with Gasteiger partial charge in [0.05, 0.1) is 6.54 Å². The average Bonchev–Trinajstić information content (AvgIpc) is 3.24. The molecule has 0 aliphatic carbocycles. The number of nitrogens with one attached hydrogen (secondary N) is 4. The highest BCUT2D eigenvalue weighted by Gasteiger charge is 2.27. The molecule has 1 unspecified atom stereocenters. The van der Waals surface area contributed by atoms with Crippen LogP contribution in [0.4, 0.5) is 4.79 Å². The number of primary amides is 1. The summed E-state index contributed by atoms with van der Waals surface area (Å²) in [7, 11) is 0. The van der Waals surface area contributed by atoms with E-state index < -0.39 is 24.0 Å². The standard InChI is InChI=1S/C28H39N6O6/c1-19(2)26(33-23(36)11-7-4-8-16-34-24(37)14-15-25(34)38)27(39)32-21(18-31-28(29)40)12-13-22(35)30-17-20-9-5-3-6-10-20/h3,5-6,9-10,14-15,17,19,21,26H,4,7-8,11-13,16,18H2,1-2H3,(H,30,35)(H,32,39)(H,33,36)(H3,29,31,40)/t21?,26-/m0/s1. The number of amides is 7. The van der Waals surface area contributed by atoms with E-state index in [9.17, 15) is 28.8 Å². The molecule has 1 aliphatic heterocycles. The Labute approximate surface area is 234 Å². The van der Waals surface area contributed by atoms with Crippen molar-refractivity contribution in [2.75, 3.05) is 13.1 Å². The SMILES string of the molecule is CC(C)[C@H](NC(=O)CCCCCN1C(=O)C=CC1=O)C(=O)NC(CCC(=O)N[CH]c1ccccc1)CNC(N)=O. The van der Waals surface area contributed by atoms with E-state index in [0.29, 0.717) is 25.8 Å². The van der Waals surface area contributed by atoms with Crippen LogP contribution in [-0.4, -0.2) is 65.6 Å². The van der Waals surface area contributed by atoms with E-state index in [-0.39, 0.29) is 55.4 Å². The van der Waals surface area contributed by atoms with Gasteiger partial charge in [0, 0.05) is 44.1 Å². The van der Waals surface area contributed by atoms with Gasteiger partial charge in [-0.25, -0.2) is 4.79 Å². The number of nitrogens with two attached hydrogens (primary N) is 1. The van der Waals surface area contributed by atoms with Crippen LogP contribution in [0.2, 0.25) is 0 Å². The highest BCUT2D eigenvalue weighted by atomic mass is 16.2. The predicted molar refractivity (Wildman–Crippen MR) is 148 cm³/mol. The monoisotopic (exact) mass is 555 g/mol. The molecule has 2 atom stereocenters. The van der Waals surface area contributed by atoms with E-state index in [2.05, 4.69) is 21.3 Å². The number of unbranched alkanes of at least 4 members (excludes halogenated alkanes) is 2. The van der Waals surface area contributed by atoms with Gasteiger partial charge in [-0.2, -0.15) is 0 Å². The van der Waals surface area contributed by atoms with Gasteiger partial charge < -0.3 is 27.0 Å². The molecular formula is C28H39N6O6. The fourth-order valence-electron chi connectivity index (χ4n) is 3.99. The molecule has 0 fully saturated rings. The van der Waals surface area contributed by atoms with Crippen molar-refractivity contribution in [3.63, 3.8) is 0 Å². The van der Waals surface area contributed by atoms with Gasteiger partial charge in [0.15, 0.2) is 0 Å². The molecule has 1 radical (unpaired) electrons. The molecule has 40 heavy (non-hydrogen) atoms. The van der Waals surface area contributed by atoms with Crippen LogP contribution in [0, 0.1) is 12.5 Å². The third-order valence-electron chi connectivity index (χ3n) is 6.24. The first-order chi connectivity index (χ1) is 19.1. The number of imide groups is 1. The molecular weight excluding hydrogens is 516 g/mol. The Morgan fingerprint density at radius 3 is 2.20 bits per heavy atom. The molecule has 0 spiro atoms. The number of carbonyl (C=O) groups is 6. The lowest BCUT2D eigenvalue weighted by molar-refractivity contribution is -0.137. The minimum Gasteiger partial charge on any atom is -0.352 e. The van der Waals surface area contributed by atoms with Gasteiger partial charge in [-0.1, -0.05) is 50.6 Å². The summed E-state index contributed by atoms with van der Waals surface area (Å²) in [4.78, 5) is 73.5. The lowest BCUT2D eigenvalue weighted by Crippen LogP contribution is -2.54. The lowest BCUT2D eigenvalue weighted by Gasteiger charge is -2.26. The number of nitrogens with zero attached hydrogens (tertiary/aromatic N) is 1. The number of benzene rings is 1. The van der Waals surface area contributed by atoms with Crippen LogP contribution in [0.15, 0.2) is 42.5 Å². The van der Waals surface area contributed by atoms with E-state index in [1.165, 1.54) is 12.2 Å². The molecule has 6 N–H and O–H groups in total. The molecule has 0 aromatic heterocycles. The highest BCUT2D eigenvalue weighted by molar-refractivity contribution is 6.12. The molecule has 0 bridgehead atoms. The maximum Gasteiger partial charge on any atom is 0.312 e. The Hall–Kier alpha value is -4.22. The maximum atomic E-state index is 13.1. The van der Waals surface area contributed by atoms with Gasteiger partial charge in [-0.15, -0.1) is 0 Å². The summed E-state index contributed by atoms with van der Waals surface area (Å²) in [5, 5.41) is 10.7. The Kier molecular flexibility index (Phi) is 13.3. The number of hydrogen-bond acceptors (Lipinski definition) is 6. The quantitative estimate of drug-likeness (QED) is 0.141. The molecule has 2 rings (SSSR count). The topological polar surface area (TPSA) is 180 Å². The van der Waals surface area contributed by atoms with Crippen LogP contribution >= 0.6 is 0 Å². The summed E-state index contributed by atoms with van der Waals surface area (Å²) in [5.41, 5.74) is 6.02. The third kappa shape index (κ3) is 11.7. The van der Waals surface area contributed by atoms with Crippen molar-refractivity contribution >= 4 is 35.6 Å². The van der Waals surface area contributed by atoms with Gasteiger partial charge in [-0.3, -0.25) is 28.9 Å². The van der Waals surface area contributed by atoms with Gasteiger partial charge in [0.1, 0.15) is 6.04 Å². The van der Waals surface area contributed by atoms with Crippen LogP contribution in [0.3, 0.4) is 0 Å². The number of carbonyl (C=O) groups excluding carboxylic acids is 6. The first kappa shape index (κ1) is 32.0. The average molecular weight is 556 g/mol. The summed E-state index contributed by atoms with van der Waals surface area (Å²) < 4.78 is 0. The molecule has 1 aromatic carbocycles. The molecule has 12 nitrogen and oxygen atoms in total. The van der Waals surface area contributed by atoms with Gasteiger partial charge in [0.25, 0.3) is 11.8 Å². The van der Waals surface area contributed by atoms with Gasteiger partial charge in [0.2, 0.25) is 17.7 Å². The predicted octanol–water partition coefficient (Wildman–Crippen LogP) is 0.872. The zero-order valence-corrected chi connectivity index (χ0v) is 23.0. The molecule has 1 aliphatic rings. The minimum atomic E-state index is -0.824. The van der Waals surface area contributed by atoms with E-state index in [1.807, 2.05) is 30.3 Å². The van der Waals surface area contributed by atoms with Crippen molar-refractivity contribution in [1.29, 1.82) is 0 Å². The second-order valence-electron chi connectivity index (χ2n) is 9.87. The summed E-state index contributed by atoms with van der Waals surface area (Å²) in [5.74, 6) is -1.88. The molecule has 1 heterocycles. The van der Waals surface area contributed by atoms with E-state index >= 15 is 0 Å².